The molecule has 1 amide bonds. The van der Waals surface area contributed by atoms with Crippen molar-refractivity contribution in [2.45, 2.75) is 31.9 Å². The van der Waals surface area contributed by atoms with Gasteiger partial charge in [0.05, 0.1) is 30.6 Å². The Bertz CT molecular complexity index is 683. The van der Waals surface area contributed by atoms with Gasteiger partial charge in [0.25, 0.3) is 11.1 Å². The zero-order chi connectivity index (χ0) is 16.4. The summed E-state index contributed by atoms with van der Waals surface area (Å²) in [4.78, 5) is 21.7. The molecule has 2 aromatic heterocycles. The third kappa shape index (κ3) is 3.35. The average Bonchev–Trinajstić information content (AvgIpc) is 2.92. The molecule has 1 atom stereocenters. The number of nitrogens with one attached hydrogen (secondary N) is 1. The molecule has 0 unspecified atom stereocenters. The van der Waals surface area contributed by atoms with E-state index in [4.69, 9.17) is 4.74 Å². The molecule has 2 N–H and O–H groups in total. The summed E-state index contributed by atoms with van der Waals surface area (Å²) in [5.74, 6) is 0.0133. The molecule has 1 saturated carbocycles. The first-order chi connectivity index (χ1) is 11.1. The average molecular weight is 333 g/mol. The van der Waals surface area contributed by atoms with Crippen LogP contribution >= 0.6 is 11.3 Å². The van der Waals surface area contributed by atoms with Crippen LogP contribution in [0.5, 0.6) is 5.19 Å². The molecule has 23 heavy (non-hydrogen) atoms. The molecule has 122 valence electrons. The third-order valence-corrected chi connectivity index (χ3v) is 5.19. The standard InChI is InChI=1S/C16H19N3O3S/c1-9-14(23-16(18-9)22-2)15(21)19-13(10-7-11(20)8-10)12-5-3-4-6-17-12/h3-6,10-11,13,20H,7-8H2,1-2H3,(H,19,21)/t10?,11?,13-/m1/s1. The number of nitrogens with zero attached hydrogens (tertiary/aromatic N) is 2. The Morgan fingerprint density at radius 1 is 1.48 bits per heavy atom. The number of methoxy groups -OCH3 is 1. The Balaban J connectivity index is 1.80. The minimum atomic E-state index is -0.284. The molecule has 1 fully saturated rings. The molecular weight excluding hydrogens is 314 g/mol. The number of aliphatic hydroxyl groups is 1. The van der Waals surface area contributed by atoms with Gasteiger partial charge in [-0.05, 0) is 37.8 Å². The molecule has 0 bridgehead atoms. The maximum atomic E-state index is 12.6. The lowest BCUT2D eigenvalue weighted by Crippen LogP contribution is -2.41. The van der Waals surface area contributed by atoms with E-state index in [9.17, 15) is 9.90 Å². The van der Waals surface area contributed by atoms with Crippen LogP contribution in [0.15, 0.2) is 24.4 Å². The maximum absolute atomic E-state index is 12.6. The highest BCUT2D eigenvalue weighted by Gasteiger charge is 2.36. The Labute approximate surface area is 138 Å². The summed E-state index contributed by atoms with van der Waals surface area (Å²) in [6.07, 6.45) is 2.78. The zero-order valence-corrected chi connectivity index (χ0v) is 13.8. The molecule has 7 heteroatoms. The predicted octanol–water partition coefficient (Wildman–Crippen LogP) is 2.10. The van der Waals surface area contributed by atoms with Crippen LogP contribution in [-0.4, -0.2) is 34.2 Å². The summed E-state index contributed by atoms with van der Waals surface area (Å²) in [7, 11) is 1.53. The second-order valence-corrected chi connectivity index (χ2v) is 6.65. The second-order valence-electron chi connectivity index (χ2n) is 5.69. The monoisotopic (exact) mass is 333 g/mol. The zero-order valence-electron chi connectivity index (χ0n) is 13.0. The van der Waals surface area contributed by atoms with Crippen LogP contribution < -0.4 is 10.1 Å². The first kappa shape index (κ1) is 15.9. The van der Waals surface area contributed by atoms with Gasteiger partial charge in [-0.3, -0.25) is 9.78 Å². The smallest absolute Gasteiger partial charge is 0.273 e. The van der Waals surface area contributed by atoms with E-state index in [1.165, 1.54) is 18.4 Å². The quantitative estimate of drug-likeness (QED) is 0.875. The highest BCUT2D eigenvalue weighted by atomic mass is 32.1. The largest absolute Gasteiger partial charge is 0.473 e. The number of aryl methyl sites for hydroxylation is 1. The molecule has 6 nitrogen and oxygen atoms in total. The van der Waals surface area contributed by atoms with Gasteiger partial charge >= 0.3 is 0 Å². The summed E-state index contributed by atoms with van der Waals surface area (Å²) < 4.78 is 5.09. The second kappa shape index (κ2) is 6.64. The van der Waals surface area contributed by atoms with Gasteiger partial charge in [-0.2, -0.15) is 0 Å². The lowest BCUT2D eigenvalue weighted by atomic mass is 9.76. The van der Waals surface area contributed by atoms with E-state index in [0.717, 1.165) is 5.69 Å². The van der Waals surface area contributed by atoms with Crippen LogP contribution in [0, 0.1) is 12.8 Å². The van der Waals surface area contributed by atoms with Crippen molar-refractivity contribution in [3.05, 3.63) is 40.7 Å². The molecule has 0 radical (unpaired) electrons. The van der Waals surface area contributed by atoms with E-state index in [1.807, 2.05) is 18.2 Å². The fourth-order valence-corrected chi connectivity index (χ4v) is 3.56. The van der Waals surface area contributed by atoms with Crippen molar-refractivity contribution in [2.75, 3.05) is 7.11 Å². The number of carbonyl (C=O) groups excluding carboxylic acids is 1. The number of rotatable bonds is 5. The van der Waals surface area contributed by atoms with E-state index in [1.54, 1.807) is 13.1 Å². The molecule has 2 heterocycles. The summed E-state index contributed by atoms with van der Waals surface area (Å²) in [6, 6.07) is 5.43. The summed E-state index contributed by atoms with van der Waals surface area (Å²) >= 11 is 1.23. The lowest BCUT2D eigenvalue weighted by Gasteiger charge is -2.37. The normalized spacial score (nSPS) is 21.3. The number of aliphatic hydroxyl groups excluding tert-OH is 1. The van der Waals surface area contributed by atoms with Crippen LogP contribution in [0.1, 0.15) is 39.9 Å². The molecular formula is C16H19N3O3S. The highest BCUT2D eigenvalue weighted by Crippen LogP contribution is 2.38. The van der Waals surface area contributed by atoms with Crippen LogP contribution in [0.25, 0.3) is 0 Å². The molecule has 0 aliphatic heterocycles. The number of thiazole rings is 1. The molecule has 2 aromatic rings. The summed E-state index contributed by atoms with van der Waals surface area (Å²) in [6.45, 7) is 1.79. The fraction of sp³-hybridized carbons (Fsp3) is 0.438. The topological polar surface area (TPSA) is 84.3 Å². The van der Waals surface area contributed by atoms with Gasteiger partial charge in [0.15, 0.2) is 0 Å². The Morgan fingerprint density at radius 3 is 2.83 bits per heavy atom. The number of amides is 1. The molecule has 0 saturated heterocycles. The minimum absolute atomic E-state index is 0.180. The van der Waals surface area contributed by atoms with Crippen LogP contribution in [-0.2, 0) is 0 Å². The summed E-state index contributed by atoms with van der Waals surface area (Å²) in [5.41, 5.74) is 1.46. The summed E-state index contributed by atoms with van der Waals surface area (Å²) in [5, 5.41) is 13.1. The van der Waals surface area contributed by atoms with Crippen molar-refractivity contribution in [3.8, 4) is 5.19 Å². The minimum Gasteiger partial charge on any atom is -0.473 e. The van der Waals surface area contributed by atoms with Crippen LogP contribution in [0.2, 0.25) is 0 Å². The SMILES string of the molecule is COc1nc(C)c(C(=O)N[C@@H](c2ccccn2)C2CC(O)C2)s1. The molecule has 0 spiro atoms. The van der Waals surface area contributed by atoms with Crippen molar-refractivity contribution in [2.24, 2.45) is 5.92 Å². The van der Waals surface area contributed by atoms with Crippen molar-refractivity contribution < 1.29 is 14.6 Å². The Hall–Kier alpha value is -1.99. The molecule has 3 rings (SSSR count). The van der Waals surface area contributed by atoms with E-state index in [-0.39, 0.29) is 24.0 Å². The molecule has 1 aliphatic carbocycles. The first-order valence-electron chi connectivity index (χ1n) is 7.49. The lowest BCUT2D eigenvalue weighted by molar-refractivity contribution is 0.0228. The van der Waals surface area contributed by atoms with Crippen molar-refractivity contribution in [1.82, 2.24) is 15.3 Å². The van der Waals surface area contributed by atoms with Gasteiger partial charge in [0, 0.05) is 6.20 Å². The van der Waals surface area contributed by atoms with Crippen molar-refractivity contribution in [1.29, 1.82) is 0 Å². The molecule has 1 aliphatic rings. The maximum Gasteiger partial charge on any atom is 0.273 e. The van der Waals surface area contributed by atoms with Crippen LogP contribution in [0.4, 0.5) is 0 Å². The van der Waals surface area contributed by atoms with Gasteiger partial charge in [-0.15, -0.1) is 0 Å². The van der Waals surface area contributed by atoms with Gasteiger partial charge in [-0.1, -0.05) is 17.4 Å². The number of hydrogen-bond acceptors (Lipinski definition) is 6. The van der Waals surface area contributed by atoms with Gasteiger partial charge in [0.2, 0.25) is 0 Å². The van der Waals surface area contributed by atoms with E-state index < -0.39 is 0 Å². The van der Waals surface area contributed by atoms with Gasteiger partial charge in [0.1, 0.15) is 4.88 Å². The number of pyridine rings is 1. The molecule has 0 aromatic carbocycles. The number of carbonyl (C=O) groups is 1. The van der Waals surface area contributed by atoms with Gasteiger partial charge in [-0.25, -0.2) is 4.98 Å². The van der Waals surface area contributed by atoms with Crippen molar-refractivity contribution in [3.63, 3.8) is 0 Å². The third-order valence-electron chi connectivity index (χ3n) is 4.07. The predicted molar refractivity (Wildman–Crippen MR) is 86.6 cm³/mol. The fourth-order valence-electron chi connectivity index (χ4n) is 2.77. The Morgan fingerprint density at radius 2 is 2.26 bits per heavy atom. The van der Waals surface area contributed by atoms with E-state index >= 15 is 0 Å². The van der Waals surface area contributed by atoms with Crippen molar-refractivity contribution >= 4 is 17.2 Å². The van der Waals surface area contributed by atoms with Gasteiger partial charge < -0.3 is 15.2 Å². The first-order valence-corrected chi connectivity index (χ1v) is 8.31. The number of aromatic nitrogens is 2. The number of hydrogen-bond donors (Lipinski definition) is 2. The highest BCUT2D eigenvalue weighted by molar-refractivity contribution is 7.15. The number of ether oxygens (including phenoxy) is 1. The Kier molecular flexibility index (Phi) is 4.58. The van der Waals surface area contributed by atoms with Crippen LogP contribution in [0.3, 0.4) is 0 Å². The van der Waals surface area contributed by atoms with E-state index in [0.29, 0.717) is 28.6 Å². The van der Waals surface area contributed by atoms with E-state index in [2.05, 4.69) is 15.3 Å².